The first-order valence-electron chi connectivity index (χ1n) is 8.29. The molecule has 0 saturated heterocycles. The maximum Gasteiger partial charge on any atom is 0.316 e. The monoisotopic (exact) mass is 419 g/mol. The SMILES string of the molecule is COc1ccc(N2C[C@](O)(c3ccc(Br)cc3)[N+]3=C2SCCC3)cc1. The predicted molar refractivity (Wildman–Crippen MR) is 106 cm³/mol. The average Bonchev–Trinajstić information content (AvgIpc) is 2.97. The van der Waals surface area contributed by atoms with Gasteiger partial charge >= 0.3 is 5.17 Å². The van der Waals surface area contributed by atoms with Crippen LogP contribution in [0.25, 0.3) is 0 Å². The van der Waals surface area contributed by atoms with E-state index in [1.165, 1.54) is 0 Å². The summed E-state index contributed by atoms with van der Waals surface area (Å²) in [5, 5.41) is 12.7. The number of β-amino-alcohol motifs (C(OH)–C–C–N with tert-alkyl or cyclic N) is 1. The molecule has 130 valence electrons. The summed E-state index contributed by atoms with van der Waals surface area (Å²) in [6, 6.07) is 16.0. The van der Waals surface area contributed by atoms with Crippen LogP contribution < -0.4 is 9.64 Å². The molecule has 2 aromatic carbocycles. The lowest BCUT2D eigenvalue weighted by atomic mass is 10.0. The van der Waals surface area contributed by atoms with Crippen LogP contribution in [0.15, 0.2) is 53.0 Å². The van der Waals surface area contributed by atoms with Gasteiger partial charge < -0.3 is 9.84 Å². The second kappa shape index (κ2) is 6.67. The maximum absolute atomic E-state index is 11.6. The van der Waals surface area contributed by atoms with Crippen LogP contribution in [0.2, 0.25) is 0 Å². The van der Waals surface area contributed by atoms with Gasteiger partial charge in [0.2, 0.25) is 0 Å². The molecule has 0 bridgehead atoms. The van der Waals surface area contributed by atoms with Crippen LogP contribution in [0, 0.1) is 0 Å². The van der Waals surface area contributed by atoms with Crippen molar-refractivity contribution in [2.24, 2.45) is 0 Å². The van der Waals surface area contributed by atoms with Crippen LogP contribution in [0.1, 0.15) is 12.0 Å². The number of nitrogens with zero attached hydrogens (tertiary/aromatic N) is 2. The van der Waals surface area contributed by atoms with Gasteiger partial charge in [0, 0.05) is 15.8 Å². The molecule has 0 unspecified atom stereocenters. The van der Waals surface area contributed by atoms with Crippen molar-refractivity contribution in [3.8, 4) is 5.75 Å². The van der Waals surface area contributed by atoms with Crippen LogP contribution in [-0.4, -0.2) is 40.8 Å². The third-order valence-corrected chi connectivity index (χ3v) is 6.46. The number of hydrogen-bond acceptors (Lipinski definition) is 4. The first-order chi connectivity index (χ1) is 12.1. The molecule has 0 aromatic heterocycles. The number of thioether (sulfide) groups is 1. The topological polar surface area (TPSA) is 35.7 Å². The van der Waals surface area contributed by atoms with Gasteiger partial charge in [-0.15, -0.1) is 0 Å². The molecule has 1 atom stereocenters. The number of aliphatic hydroxyl groups is 1. The number of hydrogen-bond donors (Lipinski definition) is 1. The number of benzene rings is 2. The van der Waals surface area contributed by atoms with Crippen molar-refractivity contribution in [2.75, 3.05) is 30.9 Å². The summed E-state index contributed by atoms with van der Waals surface area (Å²) >= 11 is 5.29. The van der Waals surface area contributed by atoms with Crippen LogP contribution in [0.3, 0.4) is 0 Å². The highest BCUT2D eigenvalue weighted by molar-refractivity contribution is 9.10. The van der Waals surface area contributed by atoms with Crippen molar-refractivity contribution in [1.82, 2.24) is 0 Å². The minimum atomic E-state index is -1.01. The predicted octanol–water partition coefficient (Wildman–Crippen LogP) is 3.63. The number of amidine groups is 1. The summed E-state index contributed by atoms with van der Waals surface area (Å²) < 4.78 is 8.43. The van der Waals surface area contributed by atoms with Gasteiger partial charge in [0.15, 0.2) is 6.54 Å². The Hall–Kier alpha value is -1.50. The van der Waals surface area contributed by atoms with Gasteiger partial charge in [-0.2, -0.15) is 0 Å². The number of methoxy groups -OCH3 is 1. The normalized spacial score (nSPS) is 22.9. The quantitative estimate of drug-likeness (QED) is 0.770. The van der Waals surface area contributed by atoms with Gasteiger partial charge in [0.05, 0.1) is 13.7 Å². The van der Waals surface area contributed by atoms with E-state index < -0.39 is 5.72 Å². The van der Waals surface area contributed by atoms with Crippen molar-refractivity contribution in [3.05, 3.63) is 58.6 Å². The van der Waals surface area contributed by atoms with Gasteiger partial charge in [-0.25, -0.2) is 9.48 Å². The standard InChI is InChI=1S/C19H20BrN2O2S/c1-24-17-9-7-16(8-10-17)21-13-19(23,14-3-5-15(20)6-4-14)22-11-2-12-25-18(21)22/h3-10,23H,2,11-13H2,1H3/q+1/t19-/m0/s1. The fourth-order valence-electron chi connectivity index (χ4n) is 3.43. The number of ether oxygens (including phenoxy) is 1. The highest BCUT2D eigenvalue weighted by Gasteiger charge is 2.53. The molecular formula is C19H20BrN2O2S+. The van der Waals surface area contributed by atoms with Gasteiger partial charge in [-0.1, -0.05) is 28.1 Å². The highest BCUT2D eigenvalue weighted by atomic mass is 79.9. The van der Waals surface area contributed by atoms with Gasteiger partial charge in [-0.3, -0.25) is 0 Å². The van der Waals surface area contributed by atoms with E-state index in [4.69, 9.17) is 4.74 Å². The molecule has 0 aliphatic carbocycles. The molecule has 4 nitrogen and oxygen atoms in total. The van der Waals surface area contributed by atoms with E-state index in [-0.39, 0.29) is 0 Å². The minimum Gasteiger partial charge on any atom is -0.497 e. The molecule has 2 aliphatic rings. The second-order valence-electron chi connectivity index (χ2n) is 6.24. The van der Waals surface area contributed by atoms with Crippen molar-refractivity contribution in [2.45, 2.75) is 12.1 Å². The molecule has 2 heterocycles. The first kappa shape index (κ1) is 16.9. The van der Waals surface area contributed by atoms with Gasteiger partial charge in [-0.05, 0) is 54.6 Å². The molecule has 1 N–H and O–H groups in total. The van der Waals surface area contributed by atoms with Crippen LogP contribution in [-0.2, 0) is 5.72 Å². The molecule has 2 aromatic rings. The Kier molecular flexibility index (Phi) is 4.52. The molecule has 0 fully saturated rings. The summed E-state index contributed by atoms with van der Waals surface area (Å²) in [6.07, 6.45) is 1.07. The van der Waals surface area contributed by atoms with Crippen LogP contribution in [0.5, 0.6) is 5.75 Å². The lowest BCUT2D eigenvalue weighted by Crippen LogP contribution is -2.41. The second-order valence-corrected chi connectivity index (χ2v) is 8.22. The zero-order chi connectivity index (χ0) is 17.4. The fraction of sp³-hybridized carbons (Fsp3) is 0.316. The molecule has 6 heteroatoms. The highest BCUT2D eigenvalue weighted by Crippen LogP contribution is 2.38. The molecule has 25 heavy (non-hydrogen) atoms. The maximum atomic E-state index is 11.6. The summed E-state index contributed by atoms with van der Waals surface area (Å²) in [4.78, 5) is 2.21. The van der Waals surface area contributed by atoms with Gasteiger partial charge in [0.1, 0.15) is 11.4 Å². The fourth-order valence-corrected chi connectivity index (χ4v) is 4.87. The summed E-state index contributed by atoms with van der Waals surface area (Å²) in [5.41, 5.74) is 0.985. The Morgan fingerprint density at radius 1 is 1.16 bits per heavy atom. The van der Waals surface area contributed by atoms with E-state index in [9.17, 15) is 5.11 Å². The van der Waals surface area contributed by atoms with E-state index in [0.29, 0.717) is 6.54 Å². The number of rotatable bonds is 3. The third-order valence-electron chi connectivity index (χ3n) is 4.73. The van der Waals surface area contributed by atoms with Crippen LogP contribution >= 0.6 is 27.7 Å². The molecule has 0 saturated carbocycles. The van der Waals surface area contributed by atoms with E-state index in [1.807, 2.05) is 60.3 Å². The summed E-state index contributed by atoms with van der Waals surface area (Å²) in [6.45, 7) is 1.38. The van der Waals surface area contributed by atoms with Crippen molar-refractivity contribution in [1.29, 1.82) is 0 Å². The molecule has 0 spiro atoms. The van der Waals surface area contributed by atoms with E-state index in [1.54, 1.807) is 7.11 Å². The average molecular weight is 420 g/mol. The number of halogens is 1. The Balaban J connectivity index is 1.75. The van der Waals surface area contributed by atoms with E-state index >= 15 is 0 Å². The molecule has 2 aliphatic heterocycles. The minimum absolute atomic E-state index is 0.517. The largest absolute Gasteiger partial charge is 0.497 e. The van der Waals surface area contributed by atoms with Crippen LogP contribution in [0.4, 0.5) is 5.69 Å². The summed E-state index contributed by atoms with van der Waals surface area (Å²) in [7, 11) is 1.67. The van der Waals surface area contributed by atoms with E-state index in [0.717, 1.165) is 45.4 Å². The molecule has 4 rings (SSSR count). The Labute approximate surface area is 160 Å². The van der Waals surface area contributed by atoms with E-state index in [2.05, 4.69) is 25.4 Å². The van der Waals surface area contributed by atoms with Crippen molar-refractivity contribution in [3.63, 3.8) is 0 Å². The zero-order valence-corrected chi connectivity index (χ0v) is 16.4. The lowest BCUT2D eigenvalue weighted by molar-refractivity contribution is -0.656. The smallest absolute Gasteiger partial charge is 0.316 e. The zero-order valence-electron chi connectivity index (χ0n) is 14.0. The Morgan fingerprint density at radius 3 is 2.56 bits per heavy atom. The van der Waals surface area contributed by atoms with Gasteiger partial charge in [0.25, 0.3) is 5.72 Å². The molecule has 0 amide bonds. The Bertz CT molecular complexity index is 807. The van der Waals surface area contributed by atoms with Crippen molar-refractivity contribution < 1.29 is 14.4 Å². The summed E-state index contributed by atoms with van der Waals surface area (Å²) in [5.74, 6) is 1.92. The lowest BCUT2D eigenvalue weighted by Gasteiger charge is -2.24. The first-order valence-corrected chi connectivity index (χ1v) is 10.1. The number of anilines is 1. The molecule has 0 radical (unpaired) electrons. The van der Waals surface area contributed by atoms with Crippen molar-refractivity contribution >= 4 is 38.5 Å². The Morgan fingerprint density at radius 2 is 1.88 bits per heavy atom. The third kappa shape index (κ3) is 2.96. The molecular weight excluding hydrogens is 400 g/mol.